The van der Waals surface area contributed by atoms with Crippen molar-refractivity contribution in [2.45, 2.75) is 39.5 Å². The molecule has 0 saturated carbocycles. The Morgan fingerprint density at radius 3 is 2.62 bits per heavy atom. The molecule has 1 aliphatic carbocycles. The standard InChI is InChI=1S/C26H26FN5/c1-17-5-6-20(21(27)14-17)24-18(2)30-25(23-7-11-29-32(23)24)31-12-8-26(9-13-31)15-19-4-3-10-28-22(19)16-26/h3-7,10-11,14H,8-9,12-13,15-16H2,1-2H3. The number of hydrogen-bond donors (Lipinski definition) is 0. The van der Waals surface area contributed by atoms with Crippen LogP contribution in [0.15, 0.2) is 48.8 Å². The van der Waals surface area contributed by atoms with Crippen molar-refractivity contribution in [3.05, 3.63) is 77.1 Å². The van der Waals surface area contributed by atoms with Crippen molar-refractivity contribution in [2.75, 3.05) is 18.0 Å². The minimum atomic E-state index is -0.242. The van der Waals surface area contributed by atoms with E-state index in [0.717, 1.165) is 67.1 Å². The highest BCUT2D eigenvalue weighted by atomic mass is 19.1. The van der Waals surface area contributed by atoms with E-state index in [1.807, 2.05) is 42.8 Å². The molecule has 6 heteroatoms. The predicted molar refractivity (Wildman–Crippen MR) is 123 cm³/mol. The number of benzene rings is 1. The van der Waals surface area contributed by atoms with Gasteiger partial charge in [-0.1, -0.05) is 12.1 Å². The summed E-state index contributed by atoms with van der Waals surface area (Å²) in [5, 5.41) is 4.55. The van der Waals surface area contributed by atoms with E-state index in [1.165, 1.54) is 11.3 Å². The number of anilines is 1. The van der Waals surface area contributed by atoms with Crippen LogP contribution in [0.1, 0.15) is 35.4 Å². The highest BCUT2D eigenvalue weighted by Gasteiger charge is 2.41. The molecule has 0 unspecified atom stereocenters. The molecule has 32 heavy (non-hydrogen) atoms. The molecule has 0 atom stereocenters. The zero-order valence-corrected chi connectivity index (χ0v) is 18.5. The van der Waals surface area contributed by atoms with E-state index in [9.17, 15) is 4.39 Å². The van der Waals surface area contributed by atoms with Crippen molar-refractivity contribution in [1.82, 2.24) is 19.6 Å². The number of halogens is 1. The first-order chi connectivity index (χ1) is 15.5. The zero-order valence-electron chi connectivity index (χ0n) is 18.5. The SMILES string of the molecule is Cc1ccc(-c2c(C)nc(N3CCC4(CC3)Cc3cccnc3C4)c3ccnn23)c(F)c1. The molecule has 6 rings (SSSR count). The predicted octanol–water partition coefficient (Wildman–Crippen LogP) is 4.93. The van der Waals surface area contributed by atoms with E-state index in [4.69, 9.17) is 4.98 Å². The smallest absolute Gasteiger partial charge is 0.155 e. The molecule has 162 valence electrons. The van der Waals surface area contributed by atoms with E-state index in [2.05, 4.69) is 27.1 Å². The van der Waals surface area contributed by atoms with Gasteiger partial charge >= 0.3 is 0 Å². The van der Waals surface area contributed by atoms with E-state index in [1.54, 1.807) is 12.3 Å². The minimum Gasteiger partial charge on any atom is -0.355 e. The molecular formula is C26H26FN5. The van der Waals surface area contributed by atoms with Gasteiger partial charge in [-0.2, -0.15) is 5.10 Å². The summed E-state index contributed by atoms with van der Waals surface area (Å²) in [4.78, 5) is 12.0. The zero-order chi connectivity index (χ0) is 21.9. The summed E-state index contributed by atoms with van der Waals surface area (Å²) < 4.78 is 16.7. The van der Waals surface area contributed by atoms with Gasteiger partial charge in [0.15, 0.2) is 5.82 Å². The third kappa shape index (κ3) is 3.00. The second-order valence-electron chi connectivity index (χ2n) is 9.43. The van der Waals surface area contributed by atoms with Gasteiger partial charge in [0.1, 0.15) is 11.3 Å². The Morgan fingerprint density at radius 2 is 1.84 bits per heavy atom. The van der Waals surface area contributed by atoms with Crippen LogP contribution in [0.2, 0.25) is 0 Å². The molecule has 0 amide bonds. The van der Waals surface area contributed by atoms with E-state index in [-0.39, 0.29) is 5.82 Å². The number of aryl methyl sites for hydroxylation is 2. The molecule has 5 nitrogen and oxygen atoms in total. The lowest BCUT2D eigenvalue weighted by Crippen LogP contribution is -2.41. The number of piperidine rings is 1. The van der Waals surface area contributed by atoms with Gasteiger partial charge in [-0.3, -0.25) is 4.98 Å². The van der Waals surface area contributed by atoms with Crippen LogP contribution in [-0.4, -0.2) is 32.7 Å². The maximum Gasteiger partial charge on any atom is 0.155 e. The number of aromatic nitrogens is 4. The van der Waals surface area contributed by atoms with Crippen LogP contribution in [0, 0.1) is 25.1 Å². The Bertz CT molecular complexity index is 1310. The van der Waals surface area contributed by atoms with Gasteiger partial charge < -0.3 is 4.90 Å². The van der Waals surface area contributed by atoms with Crippen LogP contribution in [-0.2, 0) is 12.8 Å². The number of fused-ring (bicyclic) bond motifs is 2. The normalized spacial score (nSPS) is 17.3. The largest absolute Gasteiger partial charge is 0.355 e. The lowest BCUT2D eigenvalue weighted by Gasteiger charge is -2.40. The first-order valence-electron chi connectivity index (χ1n) is 11.3. The molecule has 3 aromatic heterocycles. The Kier molecular flexibility index (Phi) is 4.32. The first kappa shape index (κ1) is 19.4. The third-order valence-electron chi connectivity index (χ3n) is 7.30. The summed E-state index contributed by atoms with van der Waals surface area (Å²) in [6, 6.07) is 11.6. The van der Waals surface area contributed by atoms with E-state index < -0.39 is 0 Å². The fourth-order valence-corrected chi connectivity index (χ4v) is 5.59. The van der Waals surface area contributed by atoms with Crippen molar-refractivity contribution < 1.29 is 4.39 Å². The Balaban J connectivity index is 1.33. The third-order valence-corrected chi connectivity index (χ3v) is 7.30. The van der Waals surface area contributed by atoms with Crippen molar-refractivity contribution in [2.24, 2.45) is 5.41 Å². The topological polar surface area (TPSA) is 46.3 Å². The highest BCUT2D eigenvalue weighted by Crippen LogP contribution is 2.45. The van der Waals surface area contributed by atoms with Gasteiger partial charge in [-0.15, -0.1) is 0 Å². The molecule has 2 aliphatic rings. The van der Waals surface area contributed by atoms with Crippen LogP contribution in [0.3, 0.4) is 0 Å². The molecule has 0 bridgehead atoms. The van der Waals surface area contributed by atoms with Gasteiger partial charge in [0.25, 0.3) is 0 Å². The summed E-state index contributed by atoms with van der Waals surface area (Å²) in [6.45, 7) is 5.76. The van der Waals surface area contributed by atoms with Crippen LogP contribution >= 0.6 is 0 Å². The molecule has 1 aromatic carbocycles. The Hall–Kier alpha value is -3.28. The Morgan fingerprint density at radius 1 is 1.00 bits per heavy atom. The molecular weight excluding hydrogens is 401 g/mol. The van der Waals surface area contributed by atoms with Gasteiger partial charge in [-0.05, 0) is 80.3 Å². The first-order valence-corrected chi connectivity index (χ1v) is 11.3. The quantitative estimate of drug-likeness (QED) is 0.455. The molecule has 4 aromatic rings. The van der Waals surface area contributed by atoms with Gasteiger partial charge in [-0.25, -0.2) is 13.9 Å². The number of nitrogens with zero attached hydrogens (tertiary/aromatic N) is 5. The minimum absolute atomic E-state index is 0.242. The molecule has 0 radical (unpaired) electrons. The van der Waals surface area contributed by atoms with Crippen LogP contribution in [0.5, 0.6) is 0 Å². The summed E-state index contributed by atoms with van der Waals surface area (Å²) in [7, 11) is 0. The van der Waals surface area contributed by atoms with Gasteiger partial charge in [0.05, 0.1) is 17.6 Å². The number of hydrogen-bond acceptors (Lipinski definition) is 4. The average molecular weight is 428 g/mol. The fourth-order valence-electron chi connectivity index (χ4n) is 5.59. The second kappa shape index (κ2) is 7.12. The van der Waals surface area contributed by atoms with E-state index in [0.29, 0.717) is 11.0 Å². The van der Waals surface area contributed by atoms with Crippen LogP contribution < -0.4 is 4.90 Å². The van der Waals surface area contributed by atoms with Crippen LogP contribution in [0.25, 0.3) is 16.8 Å². The Labute approximate surface area is 186 Å². The maximum atomic E-state index is 14.8. The lowest BCUT2D eigenvalue weighted by atomic mass is 9.76. The summed E-state index contributed by atoms with van der Waals surface area (Å²) in [6.07, 6.45) is 8.15. The molecule has 1 fully saturated rings. The number of pyridine rings is 1. The molecule has 0 N–H and O–H groups in total. The summed E-state index contributed by atoms with van der Waals surface area (Å²) in [5.74, 6) is 0.702. The van der Waals surface area contributed by atoms with Crippen LogP contribution in [0.4, 0.5) is 10.2 Å². The van der Waals surface area contributed by atoms with Gasteiger partial charge in [0, 0.05) is 30.5 Å². The molecule has 4 heterocycles. The fraction of sp³-hybridized carbons (Fsp3) is 0.346. The highest BCUT2D eigenvalue weighted by molar-refractivity contribution is 5.76. The maximum absolute atomic E-state index is 14.8. The molecule has 1 saturated heterocycles. The average Bonchev–Trinajstić information content (AvgIpc) is 3.39. The molecule has 1 aliphatic heterocycles. The van der Waals surface area contributed by atoms with Gasteiger partial charge in [0.2, 0.25) is 0 Å². The monoisotopic (exact) mass is 427 g/mol. The summed E-state index contributed by atoms with van der Waals surface area (Å²) >= 11 is 0. The van der Waals surface area contributed by atoms with Crippen molar-refractivity contribution >= 4 is 11.3 Å². The van der Waals surface area contributed by atoms with Crippen molar-refractivity contribution in [3.63, 3.8) is 0 Å². The van der Waals surface area contributed by atoms with Crippen molar-refractivity contribution in [1.29, 1.82) is 0 Å². The molecule has 1 spiro atoms. The lowest BCUT2D eigenvalue weighted by molar-refractivity contribution is 0.231. The van der Waals surface area contributed by atoms with Crippen molar-refractivity contribution in [3.8, 4) is 11.3 Å². The second-order valence-corrected chi connectivity index (χ2v) is 9.43. The summed E-state index contributed by atoms with van der Waals surface area (Å²) in [5.41, 5.74) is 6.89. The number of rotatable bonds is 2. The van der Waals surface area contributed by atoms with E-state index >= 15 is 0 Å².